The van der Waals surface area contributed by atoms with Gasteiger partial charge in [-0.15, -0.1) is 11.3 Å². The highest BCUT2D eigenvalue weighted by atomic mass is 32.1. The van der Waals surface area contributed by atoms with Crippen LogP contribution in [0.3, 0.4) is 0 Å². The summed E-state index contributed by atoms with van der Waals surface area (Å²) in [6.45, 7) is 3.99. The van der Waals surface area contributed by atoms with Gasteiger partial charge >= 0.3 is 0 Å². The zero-order chi connectivity index (χ0) is 19.7. The molecule has 0 spiro atoms. The number of aromatic nitrogens is 1. The van der Waals surface area contributed by atoms with Crippen LogP contribution in [0.4, 0.5) is 0 Å². The van der Waals surface area contributed by atoms with Crippen LogP contribution in [0.25, 0.3) is 0 Å². The minimum atomic E-state index is -0.762. The predicted octanol–water partition coefficient (Wildman–Crippen LogP) is 2.69. The second-order valence-electron chi connectivity index (χ2n) is 6.22. The summed E-state index contributed by atoms with van der Waals surface area (Å²) in [5.41, 5.74) is 1.20. The minimum absolute atomic E-state index is 0.0218. The molecule has 0 saturated heterocycles. The fraction of sp³-hybridized carbons (Fsp3) is 0.316. The number of aliphatic hydroxyl groups is 1. The maximum absolute atomic E-state index is 13.2. The van der Waals surface area contributed by atoms with E-state index < -0.39 is 23.5 Å². The molecule has 1 aliphatic rings. The summed E-state index contributed by atoms with van der Waals surface area (Å²) in [6, 6.07) is 5.46. The van der Waals surface area contributed by atoms with Crippen LogP contribution in [0, 0.1) is 13.8 Å². The Morgan fingerprint density at radius 3 is 2.48 bits per heavy atom. The van der Waals surface area contributed by atoms with E-state index in [9.17, 15) is 19.8 Å². The number of aliphatic hydroxyl groups excluding tert-OH is 1. The summed E-state index contributed by atoms with van der Waals surface area (Å²) in [7, 11) is 1.51. The van der Waals surface area contributed by atoms with Crippen molar-refractivity contribution in [1.29, 1.82) is 0 Å². The van der Waals surface area contributed by atoms with Crippen molar-refractivity contribution in [3.05, 3.63) is 56.7 Å². The van der Waals surface area contributed by atoms with Crippen molar-refractivity contribution in [1.82, 2.24) is 9.88 Å². The second-order valence-corrected chi connectivity index (χ2v) is 7.43. The molecular formula is C19H20N2O5S. The van der Waals surface area contributed by atoms with Crippen LogP contribution in [0.1, 0.15) is 32.0 Å². The number of rotatable bonds is 6. The van der Waals surface area contributed by atoms with Crippen LogP contribution in [-0.4, -0.2) is 52.0 Å². The lowest BCUT2D eigenvalue weighted by atomic mass is 9.95. The molecule has 27 heavy (non-hydrogen) atoms. The van der Waals surface area contributed by atoms with Crippen molar-refractivity contribution in [2.75, 3.05) is 20.3 Å². The van der Waals surface area contributed by atoms with Crippen molar-refractivity contribution in [2.45, 2.75) is 19.9 Å². The van der Waals surface area contributed by atoms with E-state index in [4.69, 9.17) is 4.74 Å². The Morgan fingerprint density at radius 1 is 1.26 bits per heavy atom. The van der Waals surface area contributed by atoms with Crippen LogP contribution in [-0.2, 0) is 9.53 Å². The molecule has 1 aromatic carbocycles. The van der Waals surface area contributed by atoms with E-state index >= 15 is 0 Å². The molecule has 1 unspecified atom stereocenters. The number of benzene rings is 1. The van der Waals surface area contributed by atoms with Gasteiger partial charge in [0.2, 0.25) is 5.78 Å². The normalized spacial score (nSPS) is 17.1. The molecular weight excluding hydrogens is 368 g/mol. The van der Waals surface area contributed by atoms with Gasteiger partial charge < -0.3 is 19.8 Å². The molecule has 3 rings (SSSR count). The van der Waals surface area contributed by atoms with Gasteiger partial charge in [-0.05, 0) is 31.5 Å². The number of methoxy groups -OCH3 is 1. The van der Waals surface area contributed by atoms with E-state index in [2.05, 4.69) is 4.98 Å². The van der Waals surface area contributed by atoms with Crippen molar-refractivity contribution >= 4 is 23.0 Å². The van der Waals surface area contributed by atoms with E-state index in [1.165, 1.54) is 35.5 Å². The second kappa shape index (κ2) is 7.50. The quantitative estimate of drug-likeness (QED) is 0.738. The first-order valence-electron chi connectivity index (χ1n) is 8.35. The molecule has 1 amide bonds. The maximum atomic E-state index is 13.2. The lowest BCUT2D eigenvalue weighted by Gasteiger charge is -2.26. The Balaban J connectivity index is 2.10. The maximum Gasteiger partial charge on any atom is 0.290 e. The molecule has 2 heterocycles. The number of thiazole rings is 1. The SMILES string of the molecule is COCCN1C(=O)C(O)=C(C(=O)c2sc(C)nc2C)C1c1ccc(O)cc1. The molecule has 1 aliphatic heterocycles. The van der Waals surface area contributed by atoms with E-state index in [-0.39, 0.29) is 24.5 Å². The van der Waals surface area contributed by atoms with Gasteiger partial charge in [-0.2, -0.15) is 0 Å². The number of hydrogen-bond donors (Lipinski definition) is 2. The third-order valence-electron chi connectivity index (χ3n) is 4.40. The number of aryl methyl sites for hydroxylation is 2. The first kappa shape index (κ1) is 19.1. The number of carbonyl (C=O) groups excluding carboxylic acids is 2. The van der Waals surface area contributed by atoms with Crippen molar-refractivity contribution < 1.29 is 24.5 Å². The summed E-state index contributed by atoms with van der Waals surface area (Å²) in [5.74, 6) is -1.52. The number of aromatic hydroxyl groups is 1. The number of carbonyl (C=O) groups is 2. The average Bonchev–Trinajstić information content (AvgIpc) is 3.10. The van der Waals surface area contributed by atoms with E-state index in [1.54, 1.807) is 26.0 Å². The van der Waals surface area contributed by atoms with Crippen LogP contribution < -0.4 is 0 Å². The first-order valence-corrected chi connectivity index (χ1v) is 9.17. The van der Waals surface area contributed by atoms with Gasteiger partial charge in [0.05, 0.1) is 33.8 Å². The number of Topliss-reactive ketones (excluding diaryl/α,β-unsaturated/α-hetero) is 1. The number of nitrogens with zero attached hydrogens (tertiary/aromatic N) is 2. The van der Waals surface area contributed by atoms with Crippen LogP contribution in [0.2, 0.25) is 0 Å². The summed E-state index contributed by atoms with van der Waals surface area (Å²) in [4.78, 5) is 31.9. The van der Waals surface area contributed by atoms with Gasteiger partial charge in [-0.3, -0.25) is 9.59 Å². The third kappa shape index (κ3) is 3.45. The Labute approximate surface area is 160 Å². The Bertz CT molecular complexity index is 917. The van der Waals surface area contributed by atoms with Crippen molar-refractivity contribution in [3.63, 3.8) is 0 Å². The smallest absolute Gasteiger partial charge is 0.290 e. The van der Waals surface area contributed by atoms with Gasteiger partial charge in [0.1, 0.15) is 5.75 Å². The fourth-order valence-electron chi connectivity index (χ4n) is 3.17. The molecule has 0 saturated carbocycles. The number of phenols is 1. The first-order chi connectivity index (χ1) is 12.8. The largest absolute Gasteiger partial charge is 0.508 e. The molecule has 2 aromatic rings. The molecule has 1 aromatic heterocycles. The lowest BCUT2D eigenvalue weighted by Crippen LogP contribution is -2.33. The highest BCUT2D eigenvalue weighted by Crippen LogP contribution is 2.40. The van der Waals surface area contributed by atoms with Gasteiger partial charge in [-0.1, -0.05) is 12.1 Å². The Hall–Kier alpha value is -2.71. The van der Waals surface area contributed by atoms with Gasteiger partial charge in [0.15, 0.2) is 5.76 Å². The third-order valence-corrected chi connectivity index (χ3v) is 5.47. The number of ether oxygens (including phenoxy) is 1. The van der Waals surface area contributed by atoms with Crippen LogP contribution >= 0.6 is 11.3 Å². The lowest BCUT2D eigenvalue weighted by molar-refractivity contribution is -0.130. The average molecular weight is 388 g/mol. The topological polar surface area (TPSA) is 100.0 Å². The standard InChI is InChI=1S/C19H20N2O5S/c1-10-18(27-11(2)20-10)16(23)14-15(12-4-6-13(22)7-5-12)21(8-9-26-3)19(25)17(14)24/h4-7,15,22,24H,8-9H2,1-3H3. The fourth-order valence-corrected chi connectivity index (χ4v) is 4.05. The molecule has 1 atom stereocenters. The Morgan fingerprint density at radius 2 is 1.93 bits per heavy atom. The number of ketones is 1. The molecule has 0 bridgehead atoms. The van der Waals surface area contributed by atoms with Gasteiger partial charge in [-0.25, -0.2) is 4.98 Å². The number of amides is 1. The molecule has 8 heteroatoms. The number of hydrogen-bond acceptors (Lipinski definition) is 7. The zero-order valence-corrected chi connectivity index (χ0v) is 16.0. The molecule has 142 valence electrons. The highest BCUT2D eigenvalue weighted by Gasteiger charge is 2.44. The minimum Gasteiger partial charge on any atom is -0.508 e. The van der Waals surface area contributed by atoms with Gasteiger partial charge in [0, 0.05) is 13.7 Å². The highest BCUT2D eigenvalue weighted by molar-refractivity contribution is 7.14. The monoisotopic (exact) mass is 388 g/mol. The summed E-state index contributed by atoms with van der Waals surface area (Å²) >= 11 is 1.23. The Kier molecular flexibility index (Phi) is 5.29. The van der Waals surface area contributed by atoms with Crippen LogP contribution in [0.15, 0.2) is 35.6 Å². The summed E-state index contributed by atoms with van der Waals surface area (Å²) in [6.07, 6.45) is 0. The van der Waals surface area contributed by atoms with Crippen LogP contribution in [0.5, 0.6) is 5.75 Å². The number of phenolic OH excluding ortho intramolecular Hbond substituents is 1. The van der Waals surface area contributed by atoms with Gasteiger partial charge in [0.25, 0.3) is 5.91 Å². The van der Waals surface area contributed by atoms with Crippen molar-refractivity contribution in [2.24, 2.45) is 0 Å². The molecule has 0 fully saturated rings. The zero-order valence-electron chi connectivity index (χ0n) is 15.2. The van der Waals surface area contributed by atoms with E-state index in [0.29, 0.717) is 16.1 Å². The molecule has 7 nitrogen and oxygen atoms in total. The summed E-state index contributed by atoms with van der Waals surface area (Å²) in [5, 5.41) is 20.8. The summed E-state index contributed by atoms with van der Waals surface area (Å²) < 4.78 is 5.07. The van der Waals surface area contributed by atoms with E-state index in [0.717, 1.165) is 5.01 Å². The molecule has 0 radical (unpaired) electrons. The predicted molar refractivity (Wildman–Crippen MR) is 100 cm³/mol. The van der Waals surface area contributed by atoms with E-state index in [1.807, 2.05) is 0 Å². The van der Waals surface area contributed by atoms with Crippen molar-refractivity contribution in [3.8, 4) is 5.75 Å². The molecule has 0 aliphatic carbocycles. The molecule has 2 N–H and O–H groups in total.